The molecule has 3 heterocycles. The first kappa shape index (κ1) is 18.4. The summed E-state index contributed by atoms with van der Waals surface area (Å²) in [5, 5.41) is 19.6. The van der Waals surface area contributed by atoms with Gasteiger partial charge in [-0.25, -0.2) is 9.18 Å². The Morgan fingerprint density at radius 1 is 1.32 bits per heavy atom. The van der Waals surface area contributed by atoms with Crippen LogP contribution in [-0.2, 0) is 9.59 Å². The highest BCUT2D eigenvalue weighted by Gasteiger charge is 2.54. The predicted octanol–water partition coefficient (Wildman–Crippen LogP) is 0.769. The summed E-state index contributed by atoms with van der Waals surface area (Å²) in [5.41, 5.74) is 5.51. The molecule has 28 heavy (non-hydrogen) atoms. The molecule has 1 fully saturated rings. The third kappa shape index (κ3) is 2.90. The Kier molecular flexibility index (Phi) is 4.51. The number of thioether (sulfide) groups is 1. The van der Waals surface area contributed by atoms with E-state index in [1.54, 1.807) is 0 Å². The Balaban J connectivity index is 1.60. The molecule has 2 atom stereocenters. The van der Waals surface area contributed by atoms with Gasteiger partial charge in [0.25, 0.3) is 11.8 Å². The summed E-state index contributed by atoms with van der Waals surface area (Å²) in [6.07, 6.45) is 0. The molecule has 0 unspecified atom stereocenters. The van der Waals surface area contributed by atoms with E-state index in [0.717, 1.165) is 22.3 Å². The van der Waals surface area contributed by atoms with Gasteiger partial charge in [0, 0.05) is 11.3 Å². The van der Waals surface area contributed by atoms with Gasteiger partial charge in [-0.05, 0) is 12.1 Å². The predicted molar refractivity (Wildman–Crippen MR) is 99.6 cm³/mol. The molecule has 0 spiro atoms. The number of anilines is 1. The number of nitrogens with two attached hydrogens (primary N) is 1. The fourth-order valence-electron chi connectivity index (χ4n) is 3.00. The van der Waals surface area contributed by atoms with E-state index in [1.165, 1.54) is 30.0 Å². The van der Waals surface area contributed by atoms with Crippen LogP contribution in [0.4, 0.5) is 9.52 Å². The molecule has 0 aliphatic carbocycles. The Morgan fingerprint density at radius 3 is 2.71 bits per heavy atom. The quantitative estimate of drug-likeness (QED) is 0.616. The van der Waals surface area contributed by atoms with Crippen LogP contribution in [-0.4, -0.2) is 55.2 Å². The molecule has 4 rings (SSSR count). The minimum absolute atomic E-state index is 0.185. The Morgan fingerprint density at radius 2 is 2.07 bits per heavy atom. The standard InChI is InChI=1S/C16H12FN5O4S2/c17-8-4-2-1-3-6(8)11(23)19-9-13(24)22-10(15(25)26)7(5-27-14(9)22)12-20-21-16(18)28-12/h1-4,9,14H,5H2,(H2,18,21)(H,19,23)(H,25,26)/t9-,14-/m1/s1. The van der Waals surface area contributed by atoms with Crippen LogP contribution in [0.25, 0.3) is 5.57 Å². The van der Waals surface area contributed by atoms with Crippen molar-refractivity contribution in [1.29, 1.82) is 0 Å². The number of nitrogen functional groups attached to an aromatic ring is 1. The maximum atomic E-state index is 13.8. The number of hydrogen-bond donors (Lipinski definition) is 3. The number of aliphatic carboxylic acids is 1. The summed E-state index contributed by atoms with van der Waals surface area (Å²) in [7, 11) is 0. The van der Waals surface area contributed by atoms with Crippen LogP contribution in [0.3, 0.4) is 0 Å². The number of carbonyl (C=O) groups is 3. The molecule has 12 heteroatoms. The van der Waals surface area contributed by atoms with Crippen molar-refractivity contribution < 1.29 is 23.9 Å². The van der Waals surface area contributed by atoms with E-state index in [0.29, 0.717) is 10.6 Å². The largest absolute Gasteiger partial charge is 0.477 e. The molecule has 0 saturated carbocycles. The van der Waals surface area contributed by atoms with Crippen molar-refractivity contribution in [3.8, 4) is 0 Å². The highest BCUT2D eigenvalue weighted by Crippen LogP contribution is 2.43. The molecule has 1 saturated heterocycles. The number of rotatable bonds is 4. The zero-order valence-corrected chi connectivity index (χ0v) is 15.6. The first-order chi connectivity index (χ1) is 13.4. The number of nitrogens with one attached hydrogen (secondary N) is 1. The highest BCUT2D eigenvalue weighted by atomic mass is 32.2. The number of aromatic nitrogens is 2. The number of halogens is 1. The van der Waals surface area contributed by atoms with Gasteiger partial charge in [0.15, 0.2) is 0 Å². The Bertz CT molecular complexity index is 1040. The molecule has 2 aromatic rings. The van der Waals surface area contributed by atoms with Crippen LogP contribution in [0.5, 0.6) is 0 Å². The minimum atomic E-state index is -1.29. The van der Waals surface area contributed by atoms with Crippen LogP contribution >= 0.6 is 23.1 Å². The molecular weight excluding hydrogens is 409 g/mol. The topological polar surface area (TPSA) is 139 Å². The molecule has 0 radical (unpaired) electrons. The van der Waals surface area contributed by atoms with Crippen LogP contribution in [0.1, 0.15) is 15.4 Å². The number of amides is 2. The number of fused-ring (bicyclic) bond motifs is 1. The first-order valence-electron chi connectivity index (χ1n) is 7.94. The molecule has 2 amide bonds. The van der Waals surface area contributed by atoms with E-state index < -0.39 is 35.0 Å². The molecule has 0 bridgehead atoms. The van der Waals surface area contributed by atoms with Crippen molar-refractivity contribution in [2.24, 2.45) is 0 Å². The molecule has 1 aromatic carbocycles. The average molecular weight is 421 g/mol. The van der Waals surface area contributed by atoms with Gasteiger partial charge in [0.05, 0.1) is 5.56 Å². The van der Waals surface area contributed by atoms with Crippen LogP contribution in [0.2, 0.25) is 0 Å². The van der Waals surface area contributed by atoms with Gasteiger partial charge >= 0.3 is 5.97 Å². The minimum Gasteiger partial charge on any atom is -0.477 e. The van der Waals surface area contributed by atoms with E-state index in [-0.39, 0.29) is 22.1 Å². The van der Waals surface area contributed by atoms with Gasteiger partial charge in [-0.1, -0.05) is 23.5 Å². The summed E-state index contributed by atoms with van der Waals surface area (Å²) in [4.78, 5) is 37.8. The van der Waals surface area contributed by atoms with E-state index >= 15 is 0 Å². The lowest BCUT2D eigenvalue weighted by Crippen LogP contribution is -2.70. The maximum absolute atomic E-state index is 13.8. The number of carboxylic acids is 1. The summed E-state index contributed by atoms with van der Waals surface area (Å²) >= 11 is 2.30. The lowest BCUT2D eigenvalue weighted by Gasteiger charge is -2.49. The van der Waals surface area contributed by atoms with E-state index in [1.807, 2.05) is 0 Å². The van der Waals surface area contributed by atoms with E-state index in [4.69, 9.17) is 5.73 Å². The molecular formula is C16H12FN5O4S2. The zero-order valence-electron chi connectivity index (χ0n) is 14.0. The summed E-state index contributed by atoms with van der Waals surface area (Å²) in [6, 6.07) is 4.45. The second-order valence-electron chi connectivity index (χ2n) is 5.92. The number of β-lactam (4-membered cyclic amide) rings is 1. The number of nitrogens with zero attached hydrogens (tertiary/aromatic N) is 3. The smallest absolute Gasteiger partial charge is 0.353 e. The number of carbonyl (C=O) groups excluding carboxylic acids is 2. The SMILES string of the molecule is Nc1nnc(C2=C(C(=O)O)N3C(=O)[C@@H](NC(=O)c4ccccc4F)[C@H]3SC2)s1. The highest BCUT2D eigenvalue weighted by molar-refractivity contribution is 8.00. The van der Waals surface area contributed by atoms with Gasteiger partial charge in [-0.15, -0.1) is 22.0 Å². The van der Waals surface area contributed by atoms with E-state index in [2.05, 4.69) is 15.5 Å². The summed E-state index contributed by atoms with van der Waals surface area (Å²) < 4.78 is 13.8. The third-order valence-corrected chi connectivity index (χ3v) is 6.37. The number of benzene rings is 1. The molecule has 4 N–H and O–H groups in total. The third-order valence-electron chi connectivity index (χ3n) is 4.27. The van der Waals surface area contributed by atoms with Crippen LogP contribution in [0.15, 0.2) is 30.0 Å². The van der Waals surface area contributed by atoms with Gasteiger partial charge in [0.2, 0.25) is 5.13 Å². The van der Waals surface area contributed by atoms with E-state index in [9.17, 15) is 23.9 Å². The fraction of sp³-hybridized carbons (Fsp3) is 0.188. The van der Waals surface area contributed by atoms with Gasteiger partial charge in [0.1, 0.15) is 27.9 Å². The van der Waals surface area contributed by atoms with Gasteiger partial charge in [-0.3, -0.25) is 14.5 Å². The normalized spacial score (nSPS) is 21.2. The number of carboxylic acid groups (broad SMARTS) is 1. The van der Waals surface area contributed by atoms with Crippen molar-refractivity contribution in [3.63, 3.8) is 0 Å². The molecule has 2 aliphatic heterocycles. The van der Waals surface area contributed by atoms with Crippen LogP contribution < -0.4 is 11.1 Å². The monoisotopic (exact) mass is 421 g/mol. The Hall–Kier alpha value is -2.99. The molecule has 9 nitrogen and oxygen atoms in total. The first-order valence-corrected chi connectivity index (χ1v) is 9.81. The molecule has 144 valence electrons. The van der Waals surface area contributed by atoms with Crippen molar-refractivity contribution >= 4 is 51.6 Å². The average Bonchev–Trinajstić information content (AvgIpc) is 3.11. The van der Waals surface area contributed by atoms with Gasteiger partial charge < -0.3 is 16.2 Å². The maximum Gasteiger partial charge on any atom is 0.353 e. The number of hydrogen-bond acceptors (Lipinski definition) is 8. The zero-order chi connectivity index (χ0) is 20.0. The Labute approximate surface area is 165 Å². The van der Waals surface area contributed by atoms with Crippen molar-refractivity contribution in [2.45, 2.75) is 11.4 Å². The van der Waals surface area contributed by atoms with Crippen molar-refractivity contribution in [2.75, 3.05) is 11.5 Å². The lowest BCUT2D eigenvalue weighted by molar-refractivity contribution is -0.148. The fourth-order valence-corrected chi connectivity index (χ4v) is 5.09. The lowest BCUT2D eigenvalue weighted by atomic mass is 10.0. The van der Waals surface area contributed by atoms with Crippen molar-refractivity contribution in [1.82, 2.24) is 20.4 Å². The second-order valence-corrected chi connectivity index (χ2v) is 8.03. The summed E-state index contributed by atoms with van der Waals surface area (Å²) in [5.74, 6) is -3.07. The van der Waals surface area contributed by atoms with Gasteiger partial charge in [-0.2, -0.15) is 0 Å². The molecule has 1 aromatic heterocycles. The van der Waals surface area contributed by atoms with Crippen molar-refractivity contribution in [3.05, 3.63) is 46.4 Å². The second kappa shape index (κ2) is 6.87. The van der Waals surface area contributed by atoms with Crippen LogP contribution in [0, 0.1) is 5.82 Å². The molecule has 2 aliphatic rings. The summed E-state index contributed by atoms with van der Waals surface area (Å²) in [6.45, 7) is 0.